The molecule has 0 aromatic heterocycles. The number of hydrogen-bond donors (Lipinski definition) is 0. The van der Waals surface area contributed by atoms with E-state index in [4.69, 9.17) is 4.74 Å². The van der Waals surface area contributed by atoms with Crippen molar-refractivity contribution in [3.8, 4) is 0 Å². The van der Waals surface area contributed by atoms with Crippen LogP contribution in [0.1, 0.15) is 67.8 Å². The molecule has 0 spiro atoms. The molecule has 1 aromatic carbocycles. The van der Waals surface area contributed by atoms with Crippen LogP contribution in [0, 0.1) is 0 Å². The Morgan fingerprint density at radius 2 is 1.81 bits per heavy atom. The molecule has 1 saturated carbocycles. The molecule has 3 heteroatoms. The summed E-state index contributed by atoms with van der Waals surface area (Å²) in [6, 6.07) is 7.92. The first-order valence-corrected chi connectivity index (χ1v) is 9.04. The van der Waals surface area contributed by atoms with Crippen molar-refractivity contribution in [1.82, 2.24) is 0 Å². The van der Waals surface area contributed by atoms with Gasteiger partial charge in [-0.2, -0.15) is 0 Å². The van der Waals surface area contributed by atoms with Crippen LogP contribution in [0.2, 0.25) is 0 Å². The number of aryl methyl sites for hydroxylation is 1. The van der Waals surface area contributed by atoms with Gasteiger partial charge in [0.25, 0.3) is 0 Å². The second-order valence-electron chi connectivity index (χ2n) is 5.93. The Bertz CT molecular complexity index is 433. The molecule has 1 aliphatic rings. The molecule has 1 aliphatic carbocycles. The van der Waals surface area contributed by atoms with Gasteiger partial charge in [-0.3, -0.25) is 0 Å². The highest BCUT2D eigenvalue weighted by Crippen LogP contribution is 2.26. The lowest BCUT2D eigenvalue weighted by molar-refractivity contribution is 0.0216. The van der Waals surface area contributed by atoms with Gasteiger partial charge >= 0.3 is 5.97 Å². The lowest BCUT2D eigenvalue weighted by Crippen LogP contribution is -2.24. The van der Waals surface area contributed by atoms with Crippen molar-refractivity contribution in [3.63, 3.8) is 0 Å². The number of rotatable bonds is 6. The Labute approximate surface area is 136 Å². The van der Waals surface area contributed by atoms with Crippen molar-refractivity contribution < 1.29 is 9.53 Å². The third kappa shape index (κ3) is 5.46. The third-order valence-corrected chi connectivity index (χ3v) is 5.05. The van der Waals surface area contributed by atoms with Crippen LogP contribution in [0.25, 0.3) is 0 Å². The first-order valence-electron chi connectivity index (χ1n) is 8.13. The van der Waals surface area contributed by atoms with Crippen LogP contribution >= 0.6 is 15.9 Å². The van der Waals surface area contributed by atoms with E-state index in [2.05, 4.69) is 35.0 Å². The van der Waals surface area contributed by atoms with E-state index in [1.54, 1.807) is 0 Å². The van der Waals surface area contributed by atoms with Crippen LogP contribution in [0.15, 0.2) is 24.3 Å². The maximum atomic E-state index is 12.1. The number of hydrogen-bond acceptors (Lipinski definition) is 2. The van der Waals surface area contributed by atoms with Gasteiger partial charge in [0.05, 0.1) is 5.56 Å². The number of benzene rings is 1. The fourth-order valence-corrected chi connectivity index (χ4v) is 3.27. The second-order valence-corrected chi connectivity index (χ2v) is 7.23. The van der Waals surface area contributed by atoms with E-state index in [1.807, 2.05) is 12.1 Å². The maximum absolute atomic E-state index is 12.1. The van der Waals surface area contributed by atoms with Crippen molar-refractivity contribution in [2.75, 3.05) is 0 Å². The zero-order valence-corrected chi connectivity index (χ0v) is 14.4. The normalized spacial score (nSPS) is 22.0. The van der Waals surface area contributed by atoms with E-state index >= 15 is 0 Å². The topological polar surface area (TPSA) is 26.3 Å². The average molecular weight is 353 g/mol. The molecular weight excluding hydrogens is 328 g/mol. The van der Waals surface area contributed by atoms with E-state index < -0.39 is 0 Å². The Kier molecular flexibility index (Phi) is 6.75. The smallest absolute Gasteiger partial charge is 0.338 e. The molecule has 2 rings (SSSR count). The highest BCUT2D eigenvalue weighted by atomic mass is 79.9. The first-order chi connectivity index (χ1) is 10.2. The number of alkyl halides is 1. The fraction of sp³-hybridized carbons (Fsp3) is 0.611. The molecule has 0 unspecified atom stereocenters. The highest BCUT2D eigenvalue weighted by molar-refractivity contribution is 9.09. The maximum Gasteiger partial charge on any atom is 0.338 e. The van der Waals surface area contributed by atoms with Gasteiger partial charge in [0, 0.05) is 4.83 Å². The minimum absolute atomic E-state index is 0.0931. The molecule has 1 aromatic rings. The molecular formula is C18H25BrO2. The first kappa shape index (κ1) is 16.5. The Hall–Kier alpha value is -0.830. The van der Waals surface area contributed by atoms with Crippen LogP contribution < -0.4 is 0 Å². The predicted molar refractivity (Wildman–Crippen MR) is 90.1 cm³/mol. The van der Waals surface area contributed by atoms with E-state index in [-0.39, 0.29) is 12.1 Å². The molecule has 0 bridgehead atoms. The van der Waals surface area contributed by atoms with Crippen LogP contribution in [-0.4, -0.2) is 16.9 Å². The summed E-state index contributed by atoms with van der Waals surface area (Å²) >= 11 is 3.62. The summed E-state index contributed by atoms with van der Waals surface area (Å²) < 4.78 is 5.60. The lowest BCUT2D eigenvalue weighted by atomic mass is 9.97. The fourth-order valence-electron chi connectivity index (χ4n) is 2.75. The molecule has 0 atom stereocenters. The number of esters is 1. The molecule has 0 N–H and O–H groups in total. The summed E-state index contributed by atoms with van der Waals surface area (Å²) in [6.07, 6.45) is 9.03. The predicted octanol–water partition coefficient (Wildman–Crippen LogP) is 5.28. The SMILES string of the molecule is CCCCCc1ccc(C(=O)O[C@H]2CC[C@H](Br)CC2)cc1. The minimum atomic E-state index is -0.173. The van der Waals surface area contributed by atoms with Crippen molar-refractivity contribution >= 4 is 21.9 Å². The Balaban J connectivity index is 1.82. The number of halogens is 1. The van der Waals surface area contributed by atoms with Crippen molar-refractivity contribution in [3.05, 3.63) is 35.4 Å². The van der Waals surface area contributed by atoms with E-state index in [0.717, 1.165) is 32.1 Å². The quantitative estimate of drug-likeness (QED) is 0.395. The third-order valence-electron chi connectivity index (χ3n) is 4.14. The van der Waals surface area contributed by atoms with Gasteiger partial charge in [0.1, 0.15) is 6.10 Å². The van der Waals surface area contributed by atoms with Crippen LogP contribution in [-0.2, 0) is 11.2 Å². The highest BCUT2D eigenvalue weighted by Gasteiger charge is 2.22. The van der Waals surface area contributed by atoms with Gasteiger partial charge in [0.2, 0.25) is 0 Å². The summed E-state index contributed by atoms with van der Waals surface area (Å²) in [6.45, 7) is 2.21. The Morgan fingerprint density at radius 1 is 1.14 bits per heavy atom. The zero-order valence-electron chi connectivity index (χ0n) is 12.8. The van der Waals surface area contributed by atoms with Crippen LogP contribution in [0.4, 0.5) is 0 Å². The Morgan fingerprint density at radius 3 is 2.43 bits per heavy atom. The standard InChI is InChI=1S/C18H25BrO2/c1-2-3-4-5-14-6-8-15(9-7-14)18(20)21-17-12-10-16(19)11-13-17/h6-9,16-17H,2-5,10-13H2,1H3/t16-,17-. The van der Waals surface area contributed by atoms with E-state index in [1.165, 1.54) is 24.8 Å². The molecule has 0 heterocycles. The van der Waals surface area contributed by atoms with Crippen molar-refractivity contribution in [2.45, 2.75) is 69.2 Å². The molecule has 0 aliphatic heterocycles. The van der Waals surface area contributed by atoms with Gasteiger partial charge < -0.3 is 4.74 Å². The number of carbonyl (C=O) groups excluding carboxylic acids is 1. The van der Waals surface area contributed by atoms with Gasteiger partial charge in [-0.25, -0.2) is 4.79 Å². The minimum Gasteiger partial charge on any atom is -0.459 e. The molecule has 21 heavy (non-hydrogen) atoms. The molecule has 116 valence electrons. The molecule has 0 amide bonds. The number of unbranched alkanes of at least 4 members (excludes halogenated alkanes) is 2. The monoisotopic (exact) mass is 352 g/mol. The molecule has 0 radical (unpaired) electrons. The largest absolute Gasteiger partial charge is 0.459 e. The number of carbonyl (C=O) groups is 1. The summed E-state index contributed by atoms with van der Waals surface area (Å²) in [5.41, 5.74) is 1.98. The van der Waals surface area contributed by atoms with Gasteiger partial charge in [-0.15, -0.1) is 0 Å². The summed E-state index contributed by atoms with van der Waals surface area (Å²) in [4.78, 5) is 12.7. The van der Waals surface area contributed by atoms with Crippen LogP contribution in [0.3, 0.4) is 0 Å². The second kappa shape index (κ2) is 8.57. The van der Waals surface area contributed by atoms with E-state index in [9.17, 15) is 4.79 Å². The van der Waals surface area contributed by atoms with Gasteiger partial charge in [-0.05, 0) is 56.2 Å². The number of ether oxygens (including phenoxy) is 1. The van der Waals surface area contributed by atoms with Gasteiger partial charge in [0.15, 0.2) is 0 Å². The molecule has 2 nitrogen and oxygen atoms in total. The summed E-state index contributed by atoms with van der Waals surface area (Å²) in [5.74, 6) is -0.173. The van der Waals surface area contributed by atoms with Crippen molar-refractivity contribution in [2.24, 2.45) is 0 Å². The summed E-state index contributed by atoms with van der Waals surface area (Å²) in [5, 5.41) is 0. The van der Waals surface area contributed by atoms with Crippen molar-refractivity contribution in [1.29, 1.82) is 0 Å². The lowest BCUT2D eigenvalue weighted by Gasteiger charge is -2.25. The molecule has 1 fully saturated rings. The molecule has 0 saturated heterocycles. The van der Waals surface area contributed by atoms with Gasteiger partial charge in [-0.1, -0.05) is 47.8 Å². The zero-order chi connectivity index (χ0) is 15.1. The average Bonchev–Trinajstić information content (AvgIpc) is 2.50. The summed E-state index contributed by atoms with van der Waals surface area (Å²) in [7, 11) is 0. The van der Waals surface area contributed by atoms with E-state index in [0.29, 0.717) is 10.4 Å². The van der Waals surface area contributed by atoms with Crippen LogP contribution in [0.5, 0.6) is 0 Å².